The SMILES string of the molecule is O=C(O)c1occ(CCBr)c1Br. The van der Waals surface area contributed by atoms with Crippen molar-refractivity contribution in [3.8, 4) is 0 Å². The van der Waals surface area contributed by atoms with Gasteiger partial charge in [0.05, 0.1) is 10.7 Å². The fourth-order valence-electron chi connectivity index (χ4n) is 0.794. The second-order valence-corrected chi connectivity index (χ2v) is 3.73. The maximum Gasteiger partial charge on any atom is 0.372 e. The zero-order valence-electron chi connectivity index (χ0n) is 6.01. The van der Waals surface area contributed by atoms with E-state index in [1.54, 1.807) is 0 Å². The van der Waals surface area contributed by atoms with E-state index in [1.165, 1.54) is 6.26 Å². The maximum absolute atomic E-state index is 10.5. The smallest absolute Gasteiger partial charge is 0.372 e. The average molecular weight is 298 g/mol. The van der Waals surface area contributed by atoms with E-state index < -0.39 is 5.97 Å². The van der Waals surface area contributed by atoms with Crippen molar-refractivity contribution in [2.45, 2.75) is 6.42 Å². The lowest BCUT2D eigenvalue weighted by atomic mass is 10.2. The molecule has 0 saturated heterocycles. The Morgan fingerprint density at radius 3 is 2.75 bits per heavy atom. The predicted molar refractivity (Wildman–Crippen MR) is 50.9 cm³/mol. The molecule has 0 saturated carbocycles. The van der Waals surface area contributed by atoms with Crippen molar-refractivity contribution in [3.63, 3.8) is 0 Å². The van der Waals surface area contributed by atoms with Crippen molar-refractivity contribution >= 4 is 37.8 Å². The van der Waals surface area contributed by atoms with E-state index in [-0.39, 0.29) is 5.76 Å². The zero-order chi connectivity index (χ0) is 9.14. The topological polar surface area (TPSA) is 50.4 Å². The first-order chi connectivity index (χ1) is 5.66. The van der Waals surface area contributed by atoms with Crippen LogP contribution in [-0.2, 0) is 6.42 Å². The molecule has 3 nitrogen and oxygen atoms in total. The largest absolute Gasteiger partial charge is 0.475 e. The van der Waals surface area contributed by atoms with Gasteiger partial charge >= 0.3 is 5.97 Å². The summed E-state index contributed by atoms with van der Waals surface area (Å²) >= 11 is 6.41. The number of aryl methyl sites for hydroxylation is 1. The third-order valence-corrected chi connectivity index (χ3v) is 2.62. The quantitative estimate of drug-likeness (QED) is 0.873. The molecule has 0 aliphatic carbocycles. The molecule has 0 aliphatic rings. The van der Waals surface area contributed by atoms with Crippen LogP contribution >= 0.6 is 31.9 Å². The molecule has 0 unspecified atom stereocenters. The van der Waals surface area contributed by atoms with E-state index in [0.29, 0.717) is 4.47 Å². The highest BCUT2D eigenvalue weighted by Crippen LogP contribution is 2.24. The highest BCUT2D eigenvalue weighted by Gasteiger charge is 2.16. The Kier molecular flexibility index (Phi) is 3.34. The monoisotopic (exact) mass is 296 g/mol. The van der Waals surface area contributed by atoms with Crippen LogP contribution in [0.15, 0.2) is 15.2 Å². The Hall–Kier alpha value is -0.290. The fourth-order valence-corrected chi connectivity index (χ4v) is 1.78. The van der Waals surface area contributed by atoms with Crippen molar-refractivity contribution in [2.24, 2.45) is 0 Å². The van der Waals surface area contributed by atoms with Gasteiger partial charge in [0.2, 0.25) is 5.76 Å². The third-order valence-electron chi connectivity index (χ3n) is 1.36. The van der Waals surface area contributed by atoms with Gasteiger partial charge in [0.15, 0.2) is 0 Å². The van der Waals surface area contributed by atoms with Crippen molar-refractivity contribution in [2.75, 3.05) is 5.33 Å². The number of hydrogen-bond donors (Lipinski definition) is 1. The molecule has 0 aliphatic heterocycles. The molecule has 1 aromatic heterocycles. The van der Waals surface area contributed by atoms with Gasteiger partial charge in [-0.3, -0.25) is 0 Å². The number of hydrogen-bond acceptors (Lipinski definition) is 2. The summed E-state index contributed by atoms with van der Waals surface area (Å²) in [4.78, 5) is 10.5. The molecule has 0 amide bonds. The van der Waals surface area contributed by atoms with Crippen LogP contribution in [0.1, 0.15) is 16.1 Å². The number of aromatic carboxylic acids is 1. The van der Waals surface area contributed by atoms with Gasteiger partial charge < -0.3 is 9.52 Å². The number of carbonyl (C=O) groups is 1. The second kappa shape index (κ2) is 4.09. The van der Waals surface area contributed by atoms with Crippen LogP contribution in [0.5, 0.6) is 0 Å². The van der Waals surface area contributed by atoms with E-state index in [1.807, 2.05) is 0 Å². The summed E-state index contributed by atoms with van der Waals surface area (Å²) in [5.74, 6) is -1.09. The molecule has 0 spiro atoms. The summed E-state index contributed by atoms with van der Waals surface area (Å²) in [7, 11) is 0. The lowest BCUT2D eigenvalue weighted by Crippen LogP contribution is -1.94. The Balaban J connectivity index is 2.96. The number of halogens is 2. The summed E-state index contributed by atoms with van der Waals surface area (Å²) in [6.07, 6.45) is 2.20. The first-order valence-corrected chi connectivity index (χ1v) is 5.13. The molecule has 1 N–H and O–H groups in total. The third kappa shape index (κ3) is 1.90. The van der Waals surface area contributed by atoms with E-state index in [0.717, 1.165) is 17.3 Å². The maximum atomic E-state index is 10.5. The van der Waals surface area contributed by atoms with Gasteiger partial charge in [0.25, 0.3) is 0 Å². The van der Waals surface area contributed by atoms with Gasteiger partial charge in [-0.25, -0.2) is 4.79 Å². The molecule has 0 aromatic carbocycles. The number of carboxylic acid groups (broad SMARTS) is 1. The van der Waals surface area contributed by atoms with Crippen molar-refractivity contribution in [3.05, 3.63) is 22.1 Å². The number of carboxylic acids is 1. The fraction of sp³-hybridized carbons (Fsp3) is 0.286. The Morgan fingerprint density at radius 2 is 2.33 bits per heavy atom. The van der Waals surface area contributed by atoms with Crippen LogP contribution in [0.3, 0.4) is 0 Å². The molecule has 0 fully saturated rings. The van der Waals surface area contributed by atoms with Crippen molar-refractivity contribution < 1.29 is 14.3 Å². The summed E-state index contributed by atoms with van der Waals surface area (Å²) in [5.41, 5.74) is 0.865. The predicted octanol–water partition coefficient (Wildman–Crippen LogP) is 2.68. The highest BCUT2D eigenvalue weighted by atomic mass is 79.9. The van der Waals surface area contributed by atoms with Crippen molar-refractivity contribution in [1.82, 2.24) is 0 Å². The number of furan rings is 1. The number of alkyl halides is 1. The lowest BCUT2D eigenvalue weighted by Gasteiger charge is -1.91. The van der Waals surface area contributed by atoms with Gasteiger partial charge in [-0.15, -0.1) is 0 Å². The van der Waals surface area contributed by atoms with Crippen LogP contribution in [0.25, 0.3) is 0 Å². The van der Waals surface area contributed by atoms with Crippen LogP contribution < -0.4 is 0 Å². The summed E-state index contributed by atoms with van der Waals surface area (Å²) in [6, 6.07) is 0. The minimum atomic E-state index is -1.05. The molecule has 0 radical (unpaired) electrons. The molecular formula is C7H6Br2O3. The van der Waals surface area contributed by atoms with Gasteiger partial charge in [0.1, 0.15) is 0 Å². The average Bonchev–Trinajstić information content (AvgIpc) is 2.34. The standard InChI is InChI=1S/C7H6Br2O3/c8-2-1-4-3-12-6(5(4)9)7(10)11/h3H,1-2H2,(H,10,11). The van der Waals surface area contributed by atoms with E-state index in [2.05, 4.69) is 31.9 Å². The van der Waals surface area contributed by atoms with Crippen LogP contribution in [-0.4, -0.2) is 16.4 Å². The molecule has 1 rings (SSSR count). The molecule has 1 aromatic rings. The molecule has 66 valence electrons. The van der Waals surface area contributed by atoms with E-state index in [9.17, 15) is 4.79 Å². The summed E-state index contributed by atoms with van der Waals surface area (Å²) in [6.45, 7) is 0. The Bertz CT molecular complexity index is 293. The van der Waals surface area contributed by atoms with Crippen LogP contribution in [0.2, 0.25) is 0 Å². The normalized spacial score (nSPS) is 10.2. The lowest BCUT2D eigenvalue weighted by molar-refractivity contribution is 0.0661. The molecule has 12 heavy (non-hydrogen) atoms. The van der Waals surface area contributed by atoms with Crippen LogP contribution in [0, 0.1) is 0 Å². The number of rotatable bonds is 3. The second-order valence-electron chi connectivity index (χ2n) is 2.15. The molecule has 0 bridgehead atoms. The van der Waals surface area contributed by atoms with Gasteiger partial charge in [-0.2, -0.15) is 0 Å². The van der Waals surface area contributed by atoms with Gasteiger partial charge in [-0.05, 0) is 22.4 Å². The minimum absolute atomic E-state index is 0.0362. The zero-order valence-corrected chi connectivity index (χ0v) is 9.18. The molecule has 5 heteroatoms. The van der Waals surface area contributed by atoms with Crippen molar-refractivity contribution in [1.29, 1.82) is 0 Å². The Labute approximate surface area is 86.0 Å². The molecular weight excluding hydrogens is 292 g/mol. The summed E-state index contributed by atoms with van der Waals surface area (Å²) < 4.78 is 5.38. The highest BCUT2D eigenvalue weighted by molar-refractivity contribution is 9.10. The van der Waals surface area contributed by atoms with Gasteiger partial charge in [-0.1, -0.05) is 15.9 Å². The van der Waals surface area contributed by atoms with E-state index in [4.69, 9.17) is 9.52 Å². The first-order valence-electron chi connectivity index (χ1n) is 3.22. The molecule has 1 heterocycles. The molecule has 0 atom stereocenters. The van der Waals surface area contributed by atoms with E-state index >= 15 is 0 Å². The summed E-state index contributed by atoms with van der Waals surface area (Å²) in [5, 5.41) is 9.39. The van der Waals surface area contributed by atoms with Crippen LogP contribution in [0.4, 0.5) is 0 Å². The Morgan fingerprint density at radius 1 is 1.67 bits per heavy atom. The first kappa shape index (κ1) is 9.80. The minimum Gasteiger partial charge on any atom is -0.475 e. The van der Waals surface area contributed by atoms with Gasteiger partial charge in [0, 0.05) is 10.9 Å².